The molecule has 1 heterocycles. The van der Waals surface area contributed by atoms with Crippen LogP contribution in [0.4, 0.5) is 11.4 Å². The minimum absolute atomic E-state index is 0.201. The fourth-order valence-corrected chi connectivity index (χ4v) is 3.39. The molecule has 0 atom stereocenters. The van der Waals surface area contributed by atoms with E-state index in [9.17, 15) is 0 Å². The summed E-state index contributed by atoms with van der Waals surface area (Å²) in [5.74, 6) is 0. The second-order valence-electron chi connectivity index (χ2n) is 4.40. The van der Waals surface area contributed by atoms with Crippen molar-refractivity contribution in [3.63, 3.8) is 0 Å². The summed E-state index contributed by atoms with van der Waals surface area (Å²) in [4.78, 5) is 4.79. The van der Waals surface area contributed by atoms with E-state index >= 15 is 0 Å². The molecule has 0 amide bonds. The molecule has 0 aromatic heterocycles. The Morgan fingerprint density at radius 3 is 2.67 bits per heavy atom. The second-order valence-corrected chi connectivity index (χ2v) is 5.49. The first kappa shape index (κ1) is 11.6. The van der Waals surface area contributed by atoms with Gasteiger partial charge in [0, 0.05) is 23.4 Å². The van der Waals surface area contributed by atoms with Crippen LogP contribution in [-0.2, 0) is 6.42 Å². The third kappa shape index (κ3) is 1.89. The predicted molar refractivity (Wildman–Crippen MR) is 75.9 cm³/mol. The van der Waals surface area contributed by atoms with E-state index in [1.807, 2.05) is 11.8 Å². The van der Waals surface area contributed by atoms with Gasteiger partial charge in [-0.2, -0.15) is 0 Å². The Morgan fingerprint density at radius 1 is 1.06 bits per heavy atom. The van der Waals surface area contributed by atoms with E-state index in [4.69, 9.17) is 5.11 Å². The van der Waals surface area contributed by atoms with Gasteiger partial charge in [0.1, 0.15) is 0 Å². The largest absolute Gasteiger partial charge is 0.396 e. The molecule has 0 fully saturated rings. The molecule has 3 heteroatoms. The molecule has 18 heavy (non-hydrogen) atoms. The van der Waals surface area contributed by atoms with E-state index < -0.39 is 0 Å². The second kappa shape index (κ2) is 4.67. The van der Waals surface area contributed by atoms with Crippen LogP contribution in [0.1, 0.15) is 5.56 Å². The van der Waals surface area contributed by atoms with Crippen LogP contribution >= 0.6 is 11.8 Å². The molecule has 1 N–H and O–H groups in total. The van der Waals surface area contributed by atoms with Gasteiger partial charge in [0.25, 0.3) is 0 Å². The summed E-state index contributed by atoms with van der Waals surface area (Å²) in [6.07, 6.45) is 0.716. The van der Waals surface area contributed by atoms with Gasteiger partial charge in [-0.15, -0.1) is 0 Å². The Hall–Kier alpha value is -1.45. The summed E-state index contributed by atoms with van der Waals surface area (Å²) in [7, 11) is 2.10. The molecule has 0 spiro atoms. The van der Waals surface area contributed by atoms with Crippen molar-refractivity contribution < 1.29 is 5.11 Å². The number of para-hydroxylation sites is 1. The summed E-state index contributed by atoms with van der Waals surface area (Å²) in [6.45, 7) is 0.201. The Morgan fingerprint density at radius 2 is 1.83 bits per heavy atom. The van der Waals surface area contributed by atoms with Crippen LogP contribution < -0.4 is 4.90 Å². The monoisotopic (exact) mass is 257 g/mol. The van der Waals surface area contributed by atoms with Crippen LogP contribution in [0.2, 0.25) is 0 Å². The zero-order valence-electron chi connectivity index (χ0n) is 10.3. The van der Waals surface area contributed by atoms with E-state index in [2.05, 4.69) is 54.4 Å². The van der Waals surface area contributed by atoms with E-state index in [1.54, 1.807) is 0 Å². The highest BCUT2D eigenvalue weighted by Gasteiger charge is 2.20. The van der Waals surface area contributed by atoms with Crippen molar-refractivity contribution in [3.05, 3.63) is 48.0 Å². The molecule has 2 aromatic rings. The lowest BCUT2D eigenvalue weighted by atomic mass is 10.1. The minimum Gasteiger partial charge on any atom is -0.396 e. The van der Waals surface area contributed by atoms with Crippen LogP contribution in [0.5, 0.6) is 0 Å². The molecule has 0 saturated carbocycles. The molecule has 2 aromatic carbocycles. The zero-order valence-corrected chi connectivity index (χ0v) is 11.1. The van der Waals surface area contributed by atoms with Crippen molar-refractivity contribution in [2.75, 3.05) is 18.6 Å². The van der Waals surface area contributed by atoms with Gasteiger partial charge in [0.05, 0.1) is 11.4 Å². The SMILES string of the molecule is CN1c2ccccc2Sc2ccc(CCO)cc21. The van der Waals surface area contributed by atoms with Crippen molar-refractivity contribution in [2.45, 2.75) is 16.2 Å². The summed E-state index contributed by atoms with van der Waals surface area (Å²) in [5.41, 5.74) is 3.66. The molecule has 92 valence electrons. The summed E-state index contributed by atoms with van der Waals surface area (Å²) in [6, 6.07) is 14.9. The van der Waals surface area contributed by atoms with Crippen molar-refractivity contribution in [1.29, 1.82) is 0 Å². The molecule has 0 saturated heterocycles. The van der Waals surface area contributed by atoms with Gasteiger partial charge < -0.3 is 10.0 Å². The van der Waals surface area contributed by atoms with Gasteiger partial charge in [-0.3, -0.25) is 0 Å². The molecule has 0 aliphatic carbocycles. The maximum atomic E-state index is 9.03. The number of hydrogen-bond acceptors (Lipinski definition) is 3. The van der Waals surface area contributed by atoms with Crippen LogP contribution in [0.3, 0.4) is 0 Å². The van der Waals surface area contributed by atoms with Crippen molar-refractivity contribution in [2.24, 2.45) is 0 Å². The lowest BCUT2D eigenvalue weighted by molar-refractivity contribution is 0.299. The van der Waals surface area contributed by atoms with Gasteiger partial charge in [-0.05, 0) is 36.2 Å². The molecule has 0 radical (unpaired) electrons. The van der Waals surface area contributed by atoms with E-state index in [0.29, 0.717) is 6.42 Å². The standard InChI is InChI=1S/C15H15NOS/c1-16-12-4-2-3-5-14(12)18-15-7-6-11(8-9-17)10-13(15)16/h2-7,10,17H,8-9H2,1H3. The van der Waals surface area contributed by atoms with Gasteiger partial charge in [0.2, 0.25) is 0 Å². The average molecular weight is 257 g/mol. The van der Waals surface area contributed by atoms with E-state index in [0.717, 1.165) is 0 Å². The minimum atomic E-state index is 0.201. The summed E-state index contributed by atoms with van der Waals surface area (Å²) in [5, 5.41) is 9.03. The topological polar surface area (TPSA) is 23.5 Å². The normalized spacial score (nSPS) is 13.1. The van der Waals surface area contributed by atoms with Crippen LogP contribution in [0, 0.1) is 0 Å². The van der Waals surface area contributed by atoms with Gasteiger partial charge >= 0.3 is 0 Å². The van der Waals surface area contributed by atoms with Crippen LogP contribution in [0.25, 0.3) is 0 Å². The third-order valence-corrected chi connectivity index (χ3v) is 4.36. The highest BCUT2D eigenvalue weighted by atomic mass is 32.2. The summed E-state index contributed by atoms with van der Waals surface area (Å²) >= 11 is 1.81. The fourth-order valence-electron chi connectivity index (χ4n) is 2.26. The van der Waals surface area contributed by atoms with Crippen LogP contribution in [-0.4, -0.2) is 18.8 Å². The number of rotatable bonds is 2. The number of aliphatic hydroxyl groups excluding tert-OH is 1. The van der Waals surface area contributed by atoms with Crippen molar-refractivity contribution >= 4 is 23.1 Å². The Kier molecular flexibility index (Phi) is 3.02. The number of benzene rings is 2. The van der Waals surface area contributed by atoms with Gasteiger partial charge in [-0.1, -0.05) is 30.0 Å². The van der Waals surface area contributed by atoms with E-state index in [-0.39, 0.29) is 6.61 Å². The molecule has 1 aliphatic rings. The van der Waals surface area contributed by atoms with Crippen LogP contribution in [0.15, 0.2) is 52.3 Å². The predicted octanol–water partition coefficient (Wildman–Crippen LogP) is 3.45. The molecular formula is C15H15NOS. The van der Waals surface area contributed by atoms with E-state index in [1.165, 1.54) is 26.7 Å². The molecule has 1 aliphatic heterocycles. The highest BCUT2D eigenvalue weighted by molar-refractivity contribution is 7.99. The quantitative estimate of drug-likeness (QED) is 0.891. The fraction of sp³-hybridized carbons (Fsp3) is 0.200. The molecule has 0 unspecified atom stereocenters. The van der Waals surface area contributed by atoms with Crippen molar-refractivity contribution in [1.82, 2.24) is 0 Å². The lowest BCUT2D eigenvalue weighted by Crippen LogP contribution is -2.14. The number of aliphatic hydroxyl groups is 1. The third-order valence-electron chi connectivity index (χ3n) is 3.23. The first-order chi connectivity index (χ1) is 8.79. The number of fused-ring (bicyclic) bond motifs is 2. The number of hydrogen-bond donors (Lipinski definition) is 1. The molecule has 2 nitrogen and oxygen atoms in total. The van der Waals surface area contributed by atoms with Gasteiger partial charge in [-0.25, -0.2) is 0 Å². The Bertz CT molecular complexity index is 582. The van der Waals surface area contributed by atoms with Gasteiger partial charge in [0.15, 0.2) is 0 Å². The smallest absolute Gasteiger partial charge is 0.0553 e. The number of anilines is 2. The Labute approximate surface area is 111 Å². The summed E-state index contributed by atoms with van der Waals surface area (Å²) < 4.78 is 0. The Balaban J connectivity index is 2.05. The molecule has 0 bridgehead atoms. The highest BCUT2D eigenvalue weighted by Crippen LogP contribution is 2.47. The first-order valence-corrected chi connectivity index (χ1v) is 6.85. The maximum Gasteiger partial charge on any atom is 0.0553 e. The van der Waals surface area contributed by atoms with Crippen molar-refractivity contribution in [3.8, 4) is 0 Å². The first-order valence-electron chi connectivity index (χ1n) is 6.04. The number of nitrogens with zero attached hydrogens (tertiary/aromatic N) is 1. The average Bonchev–Trinajstić information content (AvgIpc) is 2.40. The zero-order chi connectivity index (χ0) is 12.5. The molecular weight excluding hydrogens is 242 g/mol. The molecule has 3 rings (SSSR count). The lowest BCUT2D eigenvalue weighted by Gasteiger charge is -2.29. The maximum absolute atomic E-state index is 9.03.